The van der Waals surface area contributed by atoms with Crippen molar-refractivity contribution in [3.05, 3.63) is 23.8 Å². The molecule has 0 aliphatic carbocycles. The van der Waals surface area contributed by atoms with Crippen molar-refractivity contribution in [3.8, 4) is 11.5 Å². The van der Waals surface area contributed by atoms with Gasteiger partial charge in [-0.3, -0.25) is 0 Å². The number of carbonyl (C=O) groups is 2. The second-order valence-electron chi connectivity index (χ2n) is 6.89. The Labute approximate surface area is 154 Å². The van der Waals surface area contributed by atoms with Crippen LogP contribution in [0, 0.1) is 0 Å². The summed E-state index contributed by atoms with van der Waals surface area (Å²) in [5.74, 6) is -0.126. The number of nitrogens with one attached hydrogen (secondary N) is 1. The molecule has 0 aromatic heterocycles. The quantitative estimate of drug-likeness (QED) is 0.650. The zero-order valence-electron chi connectivity index (χ0n) is 16.1. The van der Waals surface area contributed by atoms with E-state index in [0.29, 0.717) is 23.7 Å². The maximum atomic E-state index is 11.9. The molecule has 1 rings (SSSR count). The fourth-order valence-corrected chi connectivity index (χ4v) is 2.23. The van der Waals surface area contributed by atoms with E-state index in [1.165, 1.54) is 7.11 Å². The van der Waals surface area contributed by atoms with Crippen LogP contribution < -0.4 is 14.8 Å². The summed E-state index contributed by atoms with van der Waals surface area (Å²) in [6, 6.07) is 4.12. The van der Waals surface area contributed by atoms with Gasteiger partial charge >= 0.3 is 12.1 Å². The van der Waals surface area contributed by atoms with Crippen LogP contribution in [-0.2, 0) is 16.0 Å². The number of alkyl carbamates (subject to hydrolysis) is 1. The van der Waals surface area contributed by atoms with Gasteiger partial charge < -0.3 is 24.6 Å². The normalized spacial score (nSPS) is 12.2. The molecule has 1 atom stereocenters. The summed E-state index contributed by atoms with van der Waals surface area (Å²) in [6.07, 6.45) is 1.12. The van der Waals surface area contributed by atoms with Gasteiger partial charge in [-0.2, -0.15) is 0 Å². The summed E-state index contributed by atoms with van der Waals surface area (Å²) in [4.78, 5) is 23.5. The molecule has 2 N–H and O–H groups in total. The minimum absolute atomic E-state index is 0.0488. The summed E-state index contributed by atoms with van der Waals surface area (Å²) in [6.45, 7) is 7.69. The van der Waals surface area contributed by atoms with Crippen molar-refractivity contribution in [2.24, 2.45) is 0 Å². The largest absolute Gasteiger partial charge is 0.493 e. The second-order valence-corrected chi connectivity index (χ2v) is 6.89. The van der Waals surface area contributed by atoms with Crippen LogP contribution in [0.15, 0.2) is 18.2 Å². The zero-order chi connectivity index (χ0) is 19.7. The molecule has 7 nitrogen and oxygen atoms in total. The fraction of sp³-hybridized carbons (Fsp3) is 0.579. The average Bonchev–Trinajstić information content (AvgIpc) is 2.53. The van der Waals surface area contributed by atoms with E-state index < -0.39 is 23.7 Å². The van der Waals surface area contributed by atoms with E-state index in [-0.39, 0.29) is 6.42 Å². The molecule has 0 aliphatic heterocycles. The van der Waals surface area contributed by atoms with Gasteiger partial charge in [0.15, 0.2) is 11.5 Å². The number of carboxylic acid groups (broad SMARTS) is 1. The number of carboxylic acids is 1. The lowest BCUT2D eigenvalue weighted by Crippen LogP contribution is -2.44. The van der Waals surface area contributed by atoms with Crippen LogP contribution in [0.4, 0.5) is 4.79 Å². The lowest BCUT2D eigenvalue weighted by Gasteiger charge is -2.22. The third kappa shape index (κ3) is 7.21. The van der Waals surface area contributed by atoms with Crippen LogP contribution in [-0.4, -0.2) is 42.5 Å². The molecule has 0 fully saturated rings. The molecule has 0 aliphatic rings. The Bertz CT molecular complexity index is 609. The summed E-state index contributed by atoms with van der Waals surface area (Å²) < 4.78 is 16.3. The number of rotatable bonds is 9. The Hall–Kier alpha value is -2.44. The highest BCUT2D eigenvalue weighted by Gasteiger charge is 2.26. The van der Waals surface area contributed by atoms with Gasteiger partial charge in [-0.25, -0.2) is 9.59 Å². The molecule has 26 heavy (non-hydrogen) atoms. The molecule has 7 heteroatoms. The number of hydrogen-bond acceptors (Lipinski definition) is 5. The molecular weight excluding hydrogens is 338 g/mol. The Morgan fingerprint density at radius 3 is 2.50 bits per heavy atom. The van der Waals surface area contributed by atoms with Crippen LogP contribution in [0.5, 0.6) is 11.5 Å². The van der Waals surface area contributed by atoms with Crippen molar-refractivity contribution in [2.75, 3.05) is 13.7 Å². The summed E-state index contributed by atoms with van der Waals surface area (Å²) in [5.41, 5.74) is -0.0683. The van der Waals surface area contributed by atoms with Crippen molar-refractivity contribution in [3.63, 3.8) is 0 Å². The monoisotopic (exact) mass is 367 g/mol. The number of carbonyl (C=O) groups excluding carboxylic acids is 1. The first-order chi connectivity index (χ1) is 12.2. The third-order valence-electron chi connectivity index (χ3n) is 3.44. The van der Waals surface area contributed by atoms with Crippen molar-refractivity contribution in [1.82, 2.24) is 5.32 Å². The van der Waals surface area contributed by atoms with E-state index in [0.717, 1.165) is 12.8 Å². The first-order valence-corrected chi connectivity index (χ1v) is 8.69. The maximum absolute atomic E-state index is 11.9. The van der Waals surface area contributed by atoms with Gasteiger partial charge in [0.1, 0.15) is 11.6 Å². The number of hydrogen-bond donors (Lipinski definition) is 2. The topological polar surface area (TPSA) is 94.1 Å². The first kappa shape index (κ1) is 21.6. The molecule has 0 saturated carbocycles. The molecule has 0 heterocycles. The number of aliphatic carboxylic acids is 1. The van der Waals surface area contributed by atoms with E-state index >= 15 is 0 Å². The Balaban J connectivity index is 2.97. The van der Waals surface area contributed by atoms with Crippen LogP contribution in [0.25, 0.3) is 0 Å². The minimum atomic E-state index is -1.15. The highest BCUT2D eigenvalue weighted by atomic mass is 16.6. The average molecular weight is 367 g/mol. The van der Waals surface area contributed by atoms with Gasteiger partial charge in [0, 0.05) is 12.0 Å². The van der Waals surface area contributed by atoms with Gasteiger partial charge in [0.05, 0.1) is 13.7 Å². The lowest BCUT2D eigenvalue weighted by atomic mass is 10.0. The van der Waals surface area contributed by atoms with Crippen LogP contribution >= 0.6 is 0 Å². The van der Waals surface area contributed by atoms with E-state index in [1.807, 2.05) is 0 Å². The summed E-state index contributed by atoms with van der Waals surface area (Å²) in [5, 5.41) is 11.9. The van der Waals surface area contributed by atoms with Gasteiger partial charge in [-0.05, 0) is 33.3 Å². The van der Waals surface area contributed by atoms with Gasteiger partial charge in [0.2, 0.25) is 0 Å². The summed E-state index contributed by atoms with van der Waals surface area (Å²) >= 11 is 0. The van der Waals surface area contributed by atoms with Gasteiger partial charge in [0.25, 0.3) is 0 Å². The van der Waals surface area contributed by atoms with Crippen molar-refractivity contribution in [1.29, 1.82) is 0 Å². The zero-order valence-corrected chi connectivity index (χ0v) is 16.1. The lowest BCUT2D eigenvalue weighted by molar-refractivity contribution is -0.139. The predicted molar refractivity (Wildman–Crippen MR) is 97.9 cm³/mol. The molecule has 0 radical (unpaired) electrons. The highest BCUT2D eigenvalue weighted by Crippen LogP contribution is 2.32. The third-order valence-corrected chi connectivity index (χ3v) is 3.44. The molecular formula is C19H29NO6. The Kier molecular flexibility index (Phi) is 8.22. The van der Waals surface area contributed by atoms with E-state index in [9.17, 15) is 14.7 Å². The van der Waals surface area contributed by atoms with Crippen LogP contribution in [0.2, 0.25) is 0 Å². The maximum Gasteiger partial charge on any atom is 0.408 e. The number of unbranched alkanes of at least 4 members (excludes halogenated alkanes) is 1. The second kappa shape index (κ2) is 9.89. The van der Waals surface area contributed by atoms with Crippen molar-refractivity contribution < 1.29 is 28.9 Å². The molecule has 0 bridgehead atoms. The molecule has 1 amide bonds. The van der Waals surface area contributed by atoms with E-state index in [1.54, 1.807) is 39.0 Å². The Morgan fingerprint density at radius 2 is 1.96 bits per heavy atom. The van der Waals surface area contributed by atoms with Crippen molar-refractivity contribution >= 4 is 12.1 Å². The molecule has 1 aromatic carbocycles. The molecule has 1 aromatic rings. The number of para-hydroxylation sites is 1. The van der Waals surface area contributed by atoms with Gasteiger partial charge in [-0.1, -0.05) is 25.5 Å². The highest BCUT2D eigenvalue weighted by molar-refractivity contribution is 5.80. The molecule has 1 unspecified atom stereocenters. The summed E-state index contributed by atoms with van der Waals surface area (Å²) in [7, 11) is 1.53. The van der Waals surface area contributed by atoms with Crippen LogP contribution in [0.1, 0.15) is 46.1 Å². The smallest absolute Gasteiger partial charge is 0.408 e. The molecule has 0 spiro atoms. The Morgan fingerprint density at radius 1 is 1.27 bits per heavy atom. The SMILES string of the molecule is CCCCOc1c(CC(NC(=O)OC(C)(C)C)C(=O)O)cccc1OC. The number of benzene rings is 1. The predicted octanol–water partition coefficient (Wildman–Crippen LogP) is 3.39. The van der Waals surface area contributed by atoms with Crippen molar-refractivity contribution in [2.45, 2.75) is 58.6 Å². The van der Waals surface area contributed by atoms with Gasteiger partial charge in [-0.15, -0.1) is 0 Å². The van der Waals surface area contributed by atoms with E-state index in [4.69, 9.17) is 14.2 Å². The van der Waals surface area contributed by atoms with Crippen LogP contribution in [0.3, 0.4) is 0 Å². The molecule has 0 saturated heterocycles. The molecule has 146 valence electrons. The first-order valence-electron chi connectivity index (χ1n) is 8.69. The standard InChI is InChI=1S/C19H29NO6/c1-6-7-11-25-16-13(9-8-10-15(16)24-5)12-14(17(21)22)20-18(23)26-19(2,3)4/h8-10,14H,6-7,11-12H2,1-5H3,(H,20,23)(H,21,22). The number of methoxy groups -OCH3 is 1. The minimum Gasteiger partial charge on any atom is -0.493 e. The number of amides is 1. The fourth-order valence-electron chi connectivity index (χ4n) is 2.23. The van der Waals surface area contributed by atoms with E-state index in [2.05, 4.69) is 12.2 Å². The number of ether oxygens (including phenoxy) is 3.